The van der Waals surface area contributed by atoms with Gasteiger partial charge in [0, 0.05) is 45.3 Å². The Balaban J connectivity index is 2.45. The van der Waals surface area contributed by atoms with Gasteiger partial charge >= 0.3 is 12.0 Å². The van der Waals surface area contributed by atoms with Crippen LogP contribution in [0.5, 0.6) is 0 Å². The predicted octanol–water partition coefficient (Wildman–Crippen LogP) is 1.10. The Hall–Kier alpha value is -1.56. The summed E-state index contributed by atoms with van der Waals surface area (Å²) in [6.07, 6.45) is 1.89. The van der Waals surface area contributed by atoms with Crippen molar-refractivity contribution in [2.45, 2.75) is 26.3 Å². The van der Waals surface area contributed by atoms with Crippen molar-refractivity contribution in [3.63, 3.8) is 0 Å². The molecule has 2 amide bonds. The number of carboxylic acid groups (broad SMARTS) is 1. The van der Waals surface area contributed by atoms with E-state index in [0.29, 0.717) is 26.2 Å². The van der Waals surface area contributed by atoms with Crippen molar-refractivity contribution in [1.29, 1.82) is 0 Å². The van der Waals surface area contributed by atoms with Crippen LogP contribution >= 0.6 is 0 Å². The van der Waals surface area contributed by atoms with Crippen molar-refractivity contribution >= 4 is 12.0 Å². The van der Waals surface area contributed by atoms with Gasteiger partial charge < -0.3 is 14.9 Å². The summed E-state index contributed by atoms with van der Waals surface area (Å²) in [5.74, 6) is -0.777. The fourth-order valence-corrected chi connectivity index (χ4v) is 2.25. The van der Waals surface area contributed by atoms with Gasteiger partial charge in [-0.3, -0.25) is 9.69 Å². The molecule has 1 fully saturated rings. The summed E-state index contributed by atoms with van der Waals surface area (Å²) in [5.41, 5.74) is 0. The van der Waals surface area contributed by atoms with Gasteiger partial charge in [0.05, 0.1) is 6.42 Å². The summed E-state index contributed by atoms with van der Waals surface area (Å²) < 4.78 is 0. The SMILES string of the molecule is C=CCN(C(=O)N1CCN(CCC(=O)O)CC1)C(C)C. The van der Waals surface area contributed by atoms with Gasteiger partial charge in [-0.15, -0.1) is 6.58 Å². The fraction of sp³-hybridized carbons (Fsp3) is 0.714. The van der Waals surface area contributed by atoms with Crippen LogP contribution in [0, 0.1) is 0 Å². The fourth-order valence-electron chi connectivity index (χ4n) is 2.25. The average molecular weight is 283 g/mol. The number of carbonyl (C=O) groups excluding carboxylic acids is 1. The summed E-state index contributed by atoms with van der Waals surface area (Å²) in [6.45, 7) is 11.5. The van der Waals surface area contributed by atoms with Gasteiger partial charge in [-0.25, -0.2) is 4.79 Å². The van der Waals surface area contributed by atoms with Crippen molar-refractivity contribution in [2.75, 3.05) is 39.3 Å². The van der Waals surface area contributed by atoms with Crippen molar-refractivity contribution in [2.24, 2.45) is 0 Å². The highest BCUT2D eigenvalue weighted by Crippen LogP contribution is 2.09. The lowest BCUT2D eigenvalue weighted by Crippen LogP contribution is -2.54. The Morgan fingerprint density at radius 1 is 1.30 bits per heavy atom. The molecule has 0 aromatic rings. The van der Waals surface area contributed by atoms with Gasteiger partial charge in [0.1, 0.15) is 0 Å². The van der Waals surface area contributed by atoms with E-state index in [1.165, 1.54) is 0 Å². The highest BCUT2D eigenvalue weighted by Gasteiger charge is 2.26. The minimum atomic E-state index is -0.777. The summed E-state index contributed by atoms with van der Waals surface area (Å²) in [6, 6.07) is 0.184. The number of carboxylic acids is 1. The molecular formula is C14H25N3O3. The molecule has 0 bridgehead atoms. The molecular weight excluding hydrogens is 258 g/mol. The standard InChI is InChI=1S/C14H25N3O3/c1-4-6-17(12(2)3)14(20)16-10-8-15(9-11-16)7-5-13(18)19/h4,12H,1,5-11H2,2-3H3,(H,18,19). The van der Waals surface area contributed by atoms with Crippen LogP contribution in [0.2, 0.25) is 0 Å². The van der Waals surface area contributed by atoms with Crippen LogP contribution in [0.25, 0.3) is 0 Å². The average Bonchev–Trinajstić information content (AvgIpc) is 2.42. The molecule has 1 N–H and O–H groups in total. The smallest absolute Gasteiger partial charge is 0.320 e. The Morgan fingerprint density at radius 3 is 2.35 bits per heavy atom. The molecule has 0 unspecified atom stereocenters. The number of hydrogen-bond acceptors (Lipinski definition) is 3. The Morgan fingerprint density at radius 2 is 1.90 bits per heavy atom. The number of carbonyl (C=O) groups is 2. The first-order chi connectivity index (χ1) is 9.45. The lowest BCUT2D eigenvalue weighted by molar-refractivity contribution is -0.137. The van der Waals surface area contributed by atoms with Crippen LogP contribution in [0.4, 0.5) is 4.79 Å². The van der Waals surface area contributed by atoms with Crippen molar-refractivity contribution < 1.29 is 14.7 Å². The molecule has 0 atom stereocenters. The van der Waals surface area contributed by atoms with Gasteiger partial charge in [0.15, 0.2) is 0 Å². The minimum absolute atomic E-state index is 0.0396. The highest BCUT2D eigenvalue weighted by molar-refractivity contribution is 5.75. The lowest BCUT2D eigenvalue weighted by atomic mass is 10.2. The van der Waals surface area contributed by atoms with E-state index < -0.39 is 5.97 Å². The third-order valence-electron chi connectivity index (χ3n) is 3.48. The first-order valence-electron chi connectivity index (χ1n) is 7.06. The zero-order valence-electron chi connectivity index (χ0n) is 12.4. The number of nitrogens with zero attached hydrogens (tertiary/aromatic N) is 3. The molecule has 6 heteroatoms. The second kappa shape index (κ2) is 7.89. The molecule has 20 heavy (non-hydrogen) atoms. The molecule has 0 spiro atoms. The van der Waals surface area contributed by atoms with Crippen LogP contribution in [-0.2, 0) is 4.79 Å². The number of amides is 2. The quantitative estimate of drug-likeness (QED) is 0.741. The molecule has 0 saturated carbocycles. The molecule has 0 aromatic carbocycles. The number of piperazine rings is 1. The summed E-state index contributed by atoms with van der Waals surface area (Å²) in [4.78, 5) is 28.7. The van der Waals surface area contributed by atoms with Gasteiger partial charge in [-0.1, -0.05) is 6.08 Å². The van der Waals surface area contributed by atoms with E-state index in [4.69, 9.17) is 5.11 Å². The van der Waals surface area contributed by atoms with Crippen LogP contribution in [-0.4, -0.2) is 77.1 Å². The molecule has 1 heterocycles. The van der Waals surface area contributed by atoms with Crippen LogP contribution in [0.1, 0.15) is 20.3 Å². The molecule has 0 radical (unpaired) electrons. The molecule has 1 aliphatic rings. The van der Waals surface area contributed by atoms with Crippen LogP contribution < -0.4 is 0 Å². The maximum atomic E-state index is 12.4. The summed E-state index contributed by atoms with van der Waals surface area (Å²) in [5, 5.41) is 8.67. The molecule has 0 aromatic heterocycles. The molecule has 6 nitrogen and oxygen atoms in total. The maximum Gasteiger partial charge on any atom is 0.320 e. The van der Waals surface area contributed by atoms with Crippen molar-refractivity contribution in [1.82, 2.24) is 14.7 Å². The monoisotopic (exact) mass is 283 g/mol. The zero-order valence-corrected chi connectivity index (χ0v) is 12.4. The Kier molecular flexibility index (Phi) is 6.51. The van der Waals surface area contributed by atoms with Gasteiger partial charge in [0.25, 0.3) is 0 Å². The highest BCUT2D eigenvalue weighted by atomic mass is 16.4. The van der Waals surface area contributed by atoms with E-state index >= 15 is 0 Å². The Bertz CT molecular complexity index is 350. The normalized spacial score (nSPS) is 16.2. The number of urea groups is 1. The first kappa shape index (κ1) is 16.5. The second-order valence-corrected chi connectivity index (χ2v) is 5.29. The molecule has 1 aliphatic heterocycles. The van der Waals surface area contributed by atoms with Gasteiger partial charge in [-0.2, -0.15) is 0 Å². The lowest BCUT2D eigenvalue weighted by Gasteiger charge is -2.38. The summed E-state index contributed by atoms with van der Waals surface area (Å²) >= 11 is 0. The largest absolute Gasteiger partial charge is 0.481 e. The van der Waals surface area contributed by atoms with E-state index in [-0.39, 0.29) is 18.5 Å². The van der Waals surface area contributed by atoms with E-state index in [2.05, 4.69) is 11.5 Å². The molecule has 114 valence electrons. The molecule has 1 rings (SSSR count). The molecule has 0 aliphatic carbocycles. The number of hydrogen-bond donors (Lipinski definition) is 1. The third kappa shape index (κ3) is 4.85. The van der Waals surface area contributed by atoms with Gasteiger partial charge in [-0.05, 0) is 13.8 Å². The maximum absolute atomic E-state index is 12.4. The molecule has 1 saturated heterocycles. The topological polar surface area (TPSA) is 64.1 Å². The van der Waals surface area contributed by atoms with Crippen molar-refractivity contribution in [3.05, 3.63) is 12.7 Å². The van der Waals surface area contributed by atoms with Crippen LogP contribution in [0.3, 0.4) is 0 Å². The van der Waals surface area contributed by atoms with Crippen molar-refractivity contribution in [3.8, 4) is 0 Å². The third-order valence-corrected chi connectivity index (χ3v) is 3.48. The zero-order chi connectivity index (χ0) is 15.1. The van der Waals surface area contributed by atoms with E-state index in [0.717, 1.165) is 13.1 Å². The second-order valence-electron chi connectivity index (χ2n) is 5.29. The first-order valence-corrected chi connectivity index (χ1v) is 7.06. The van der Waals surface area contributed by atoms with E-state index in [1.54, 1.807) is 11.0 Å². The summed E-state index contributed by atoms with van der Waals surface area (Å²) in [7, 11) is 0. The van der Waals surface area contributed by atoms with E-state index in [1.807, 2.05) is 18.7 Å². The van der Waals surface area contributed by atoms with Gasteiger partial charge in [0.2, 0.25) is 0 Å². The van der Waals surface area contributed by atoms with E-state index in [9.17, 15) is 9.59 Å². The number of rotatable bonds is 6. The van der Waals surface area contributed by atoms with Crippen LogP contribution in [0.15, 0.2) is 12.7 Å². The predicted molar refractivity (Wildman–Crippen MR) is 77.7 cm³/mol. The minimum Gasteiger partial charge on any atom is -0.481 e. The number of aliphatic carboxylic acids is 1. The Labute approximate surface area is 120 Å².